The van der Waals surface area contributed by atoms with E-state index < -0.39 is 35.1 Å². The van der Waals surface area contributed by atoms with Gasteiger partial charge in [0.1, 0.15) is 0 Å². The molecule has 1 aromatic rings. The van der Waals surface area contributed by atoms with Crippen LogP contribution in [0, 0.1) is 10.1 Å². The third-order valence-electron chi connectivity index (χ3n) is 3.06. The molecule has 2 rings (SSSR count). The highest BCUT2D eigenvalue weighted by atomic mass is 16.6. The number of carbonyl (C=O) groups excluding carboxylic acids is 3. The van der Waals surface area contributed by atoms with Gasteiger partial charge in [0.15, 0.2) is 6.61 Å². The Bertz CT molecular complexity index is 667. The van der Waals surface area contributed by atoms with Crippen LogP contribution in [0.15, 0.2) is 18.2 Å². The maximum absolute atomic E-state index is 11.9. The van der Waals surface area contributed by atoms with Crippen LogP contribution in [0.1, 0.15) is 33.6 Å². The normalized spacial score (nSPS) is 13.1. The van der Waals surface area contributed by atoms with Crippen LogP contribution in [-0.2, 0) is 14.3 Å². The molecule has 9 nitrogen and oxygen atoms in total. The summed E-state index contributed by atoms with van der Waals surface area (Å²) < 4.78 is 9.27. The first-order valence-corrected chi connectivity index (χ1v) is 6.75. The Kier molecular flexibility index (Phi) is 4.89. The first-order valence-electron chi connectivity index (χ1n) is 6.75. The number of nitrogens with zero attached hydrogens (tertiary/aromatic N) is 1. The summed E-state index contributed by atoms with van der Waals surface area (Å²) >= 11 is 0. The van der Waals surface area contributed by atoms with Crippen LogP contribution >= 0.6 is 0 Å². The molecule has 0 spiro atoms. The zero-order chi connectivity index (χ0) is 17.0. The number of nitrogens with one attached hydrogen (secondary N) is 1. The monoisotopic (exact) mass is 322 g/mol. The molecule has 0 radical (unpaired) electrons. The second-order valence-electron chi connectivity index (χ2n) is 4.94. The maximum Gasteiger partial charge on any atom is 0.338 e. The van der Waals surface area contributed by atoms with Gasteiger partial charge >= 0.3 is 11.9 Å². The molecule has 0 heterocycles. The highest BCUT2D eigenvalue weighted by Crippen LogP contribution is 2.20. The Morgan fingerprint density at radius 3 is 2.35 bits per heavy atom. The van der Waals surface area contributed by atoms with Crippen LogP contribution in [0.25, 0.3) is 0 Å². The van der Waals surface area contributed by atoms with Gasteiger partial charge in [-0.3, -0.25) is 14.9 Å². The van der Waals surface area contributed by atoms with Crippen molar-refractivity contribution in [2.24, 2.45) is 0 Å². The van der Waals surface area contributed by atoms with Gasteiger partial charge in [0.25, 0.3) is 11.6 Å². The average molecular weight is 322 g/mol. The number of non-ortho nitro benzene ring substituents is 1. The number of nitro benzene ring substituents is 1. The molecule has 0 aliphatic heterocycles. The Labute approximate surface area is 130 Å². The van der Waals surface area contributed by atoms with Gasteiger partial charge in [-0.2, -0.15) is 0 Å². The molecule has 1 aliphatic carbocycles. The van der Waals surface area contributed by atoms with Crippen molar-refractivity contribution in [1.82, 2.24) is 5.32 Å². The van der Waals surface area contributed by atoms with Gasteiger partial charge in [-0.25, -0.2) is 9.59 Å². The molecule has 1 N–H and O–H groups in total. The van der Waals surface area contributed by atoms with Crippen molar-refractivity contribution in [2.45, 2.75) is 18.9 Å². The molecule has 0 unspecified atom stereocenters. The molecule has 1 aliphatic rings. The van der Waals surface area contributed by atoms with Gasteiger partial charge in [0, 0.05) is 18.2 Å². The summed E-state index contributed by atoms with van der Waals surface area (Å²) in [4.78, 5) is 45.0. The predicted octanol–water partition coefficient (Wildman–Crippen LogP) is 0.817. The van der Waals surface area contributed by atoms with Gasteiger partial charge in [-0.1, -0.05) is 0 Å². The number of carbonyl (C=O) groups is 3. The van der Waals surface area contributed by atoms with Crippen LogP contribution < -0.4 is 5.32 Å². The van der Waals surface area contributed by atoms with Crippen molar-refractivity contribution in [2.75, 3.05) is 13.7 Å². The van der Waals surface area contributed by atoms with Gasteiger partial charge in [0.2, 0.25) is 0 Å². The van der Waals surface area contributed by atoms with Crippen LogP contribution in [0.5, 0.6) is 0 Å². The maximum atomic E-state index is 11.9. The molecule has 1 fully saturated rings. The number of methoxy groups -OCH3 is 1. The van der Waals surface area contributed by atoms with Crippen molar-refractivity contribution in [3.8, 4) is 0 Å². The van der Waals surface area contributed by atoms with Crippen molar-refractivity contribution >= 4 is 23.5 Å². The van der Waals surface area contributed by atoms with Crippen LogP contribution in [0.2, 0.25) is 0 Å². The lowest BCUT2D eigenvalue weighted by Crippen LogP contribution is -2.30. The minimum absolute atomic E-state index is 0.130. The lowest BCUT2D eigenvalue weighted by atomic mass is 10.1. The Morgan fingerprint density at radius 1 is 1.22 bits per heavy atom. The van der Waals surface area contributed by atoms with E-state index in [1.165, 1.54) is 0 Å². The second-order valence-corrected chi connectivity index (χ2v) is 4.94. The largest absolute Gasteiger partial charge is 0.465 e. The molecule has 0 atom stereocenters. The quantitative estimate of drug-likeness (QED) is 0.467. The summed E-state index contributed by atoms with van der Waals surface area (Å²) in [5.41, 5.74) is -0.822. The average Bonchev–Trinajstić information content (AvgIpc) is 3.35. The minimum Gasteiger partial charge on any atom is -0.465 e. The van der Waals surface area contributed by atoms with Crippen LogP contribution in [0.4, 0.5) is 5.69 Å². The van der Waals surface area contributed by atoms with Crippen molar-refractivity contribution in [3.05, 3.63) is 39.4 Å². The number of hydrogen-bond acceptors (Lipinski definition) is 7. The summed E-state index contributed by atoms with van der Waals surface area (Å²) in [6.07, 6.45) is 1.79. The number of amides is 1. The Morgan fingerprint density at radius 2 is 1.83 bits per heavy atom. The van der Waals surface area contributed by atoms with Crippen molar-refractivity contribution < 1.29 is 28.8 Å². The number of benzene rings is 1. The van der Waals surface area contributed by atoms with E-state index in [4.69, 9.17) is 4.74 Å². The molecule has 1 aromatic carbocycles. The Balaban J connectivity index is 2.10. The first-order chi connectivity index (χ1) is 10.9. The number of rotatable bonds is 6. The number of hydrogen-bond donors (Lipinski definition) is 1. The van der Waals surface area contributed by atoms with Crippen LogP contribution in [0.3, 0.4) is 0 Å². The highest BCUT2D eigenvalue weighted by molar-refractivity contribution is 5.97. The minimum atomic E-state index is -0.940. The number of nitro groups is 1. The molecule has 1 saturated carbocycles. The van der Waals surface area contributed by atoms with Crippen molar-refractivity contribution in [3.63, 3.8) is 0 Å². The molecular weight excluding hydrogens is 308 g/mol. The van der Waals surface area contributed by atoms with E-state index in [9.17, 15) is 24.5 Å². The number of esters is 2. The third kappa shape index (κ3) is 4.50. The summed E-state index contributed by atoms with van der Waals surface area (Å²) in [6.45, 7) is -0.494. The third-order valence-corrected chi connectivity index (χ3v) is 3.06. The summed E-state index contributed by atoms with van der Waals surface area (Å²) in [5, 5.41) is 13.5. The van der Waals surface area contributed by atoms with E-state index in [2.05, 4.69) is 10.1 Å². The fourth-order valence-electron chi connectivity index (χ4n) is 1.78. The molecule has 0 bridgehead atoms. The molecule has 9 heteroatoms. The molecular formula is C14H14N2O7. The summed E-state index contributed by atoms with van der Waals surface area (Å²) in [7, 11) is 1.11. The summed E-state index contributed by atoms with van der Waals surface area (Å²) in [6, 6.07) is 3.19. The van der Waals surface area contributed by atoms with Gasteiger partial charge < -0.3 is 14.8 Å². The lowest BCUT2D eigenvalue weighted by molar-refractivity contribution is -0.384. The predicted molar refractivity (Wildman–Crippen MR) is 75.9 cm³/mol. The van der Waals surface area contributed by atoms with Crippen molar-refractivity contribution in [1.29, 1.82) is 0 Å². The topological polar surface area (TPSA) is 125 Å². The first kappa shape index (κ1) is 16.4. The van der Waals surface area contributed by atoms with E-state index in [0.717, 1.165) is 38.2 Å². The van der Waals surface area contributed by atoms with E-state index in [0.29, 0.717) is 0 Å². The van der Waals surface area contributed by atoms with Gasteiger partial charge in [-0.15, -0.1) is 0 Å². The molecule has 122 valence electrons. The fourth-order valence-corrected chi connectivity index (χ4v) is 1.78. The van der Waals surface area contributed by atoms with E-state index >= 15 is 0 Å². The number of ether oxygens (including phenoxy) is 2. The lowest BCUT2D eigenvalue weighted by Gasteiger charge is -2.07. The molecule has 0 aromatic heterocycles. The molecule has 1 amide bonds. The smallest absolute Gasteiger partial charge is 0.338 e. The molecule has 0 saturated heterocycles. The van der Waals surface area contributed by atoms with E-state index in [-0.39, 0.29) is 17.2 Å². The Hall–Kier alpha value is -2.97. The zero-order valence-electron chi connectivity index (χ0n) is 12.2. The highest BCUT2D eigenvalue weighted by Gasteiger charge is 2.24. The van der Waals surface area contributed by atoms with E-state index in [1.54, 1.807) is 0 Å². The fraction of sp³-hybridized carbons (Fsp3) is 0.357. The second kappa shape index (κ2) is 6.86. The van der Waals surface area contributed by atoms with Gasteiger partial charge in [0.05, 0.1) is 23.2 Å². The zero-order valence-corrected chi connectivity index (χ0v) is 12.2. The van der Waals surface area contributed by atoms with Crippen LogP contribution in [-0.4, -0.2) is 42.5 Å². The summed E-state index contributed by atoms with van der Waals surface area (Å²) in [5.74, 6) is -2.21. The molecule has 23 heavy (non-hydrogen) atoms. The van der Waals surface area contributed by atoms with E-state index in [1.807, 2.05) is 0 Å². The SMILES string of the molecule is COC(=O)c1cc(C(=O)OCC(=O)NC2CC2)cc([N+](=O)[O-])c1. The standard InChI is InChI=1S/C14H14N2O7/c1-22-13(18)8-4-9(6-11(5-8)16(20)21)14(19)23-7-12(17)15-10-2-3-10/h4-6,10H,2-3,7H2,1H3,(H,15,17). The van der Waals surface area contributed by atoms with Gasteiger partial charge in [-0.05, 0) is 18.9 Å².